The summed E-state index contributed by atoms with van der Waals surface area (Å²) in [5.74, 6) is 0.776. The summed E-state index contributed by atoms with van der Waals surface area (Å²) >= 11 is 7.52. The number of aryl methyl sites for hydroxylation is 1. The molecule has 112 valence electrons. The molecule has 0 saturated carbocycles. The van der Waals surface area contributed by atoms with E-state index in [0.717, 1.165) is 4.88 Å². The Labute approximate surface area is 135 Å². The molecule has 0 bridgehead atoms. The molecule has 0 aliphatic carbocycles. The Hall–Kier alpha value is -2.18. The quantitative estimate of drug-likeness (QED) is 0.765. The van der Waals surface area contributed by atoms with Gasteiger partial charge in [-0.1, -0.05) is 29.8 Å². The van der Waals surface area contributed by atoms with E-state index in [2.05, 4.69) is 15.5 Å². The highest BCUT2D eigenvalue weighted by molar-refractivity contribution is 7.13. The van der Waals surface area contributed by atoms with Crippen LogP contribution in [-0.2, 0) is 11.2 Å². The van der Waals surface area contributed by atoms with Crippen LogP contribution in [0.2, 0.25) is 5.02 Å². The Morgan fingerprint density at radius 2 is 2.09 bits per heavy atom. The van der Waals surface area contributed by atoms with Gasteiger partial charge in [-0.25, -0.2) is 0 Å². The summed E-state index contributed by atoms with van der Waals surface area (Å²) in [6.45, 7) is 0. The monoisotopic (exact) mass is 333 g/mol. The summed E-state index contributed by atoms with van der Waals surface area (Å²) in [5, 5.41) is 13.1. The van der Waals surface area contributed by atoms with Crippen LogP contribution in [0.1, 0.15) is 12.3 Å². The number of benzene rings is 1. The molecule has 3 rings (SSSR count). The van der Waals surface area contributed by atoms with E-state index in [1.54, 1.807) is 12.1 Å². The van der Waals surface area contributed by atoms with Crippen molar-refractivity contribution in [2.75, 3.05) is 5.32 Å². The first kappa shape index (κ1) is 14.7. The number of nitrogens with zero attached hydrogens (tertiary/aromatic N) is 2. The van der Waals surface area contributed by atoms with Gasteiger partial charge in [-0.15, -0.1) is 21.5 Å². The highest BCUT2D eigenvalue weighted by atomic mass is 35.5. The zero-order valence-corrected chi connectivity index (χ0v) is 13.0. The number of halogens is 1. The van der Waals surface area contributed by atoms with Crippen molar-refractivity contribution in [3.05, 3.63) is 52.7 Å². The van der Waals surface area contributed by atoms with Gasteiger partial charge in [-0.3, -0.25) is 4.79 Å². The smallest absolute Gasteiger partial charge is 0.257 e. The topological polar surface area (TPSA) is 68.0 Å². The lowest BCUT2D eigenvalue weighted by molar-refractivity contribution is -0.116. The van der Waals surface area contributed by atoms with Crippen molar-refractivity contribution >= 4 is 34.5 Å². The van der Waals surface area contributed by atoms with Gasteiger partial charge in [0.15, 0.2) is 0 Å². The van der Waals surface area contributed by atoms with Crippen LogP contribution >= 0.6 is 22.9 Å². The Kier molecular flexibility index (Phi) is 4.50. The van der Waals surface area contributed by atoms with E-state index < -0.39 is 0 Å². The number of amides is 1. The highest BCUT2D eigenvalue weighted by Crippen LogP contribution is 2.23. The average molecular weight is 334 g/mol. The lowest BCUT2D eigenvalue weighted by Gasteiger charge is -2.05. The third-order valence-electron chi connectivity index (χ3n) is 2.91. The SMILES string of the molecule is O=C(CCc1nnc(-c2cccs2)o1)Nc1ccccc1Cl. The molecule has 0 aliphatic rings. The second kappa shape index (κ2) is 6.72. The molecule has 0 unspecified atom stereocenters. The minimum absolute atomic E-state index is 0.149. The molecule has 0 saturated heterocycles. The summed E-state index contributed by atoms with van der Waals surface area (Å²) in [6.07, 6.45) is 0.631. The van der Waals surface area contributed by atoms with Crippen molar-refractivity contribution in [1.29, 1.82) is 0 Å². The Bertz CT molecular complexity index is 771. The lowest BCUT2D eigenvalue weighted by atomic mass is 10.2. The maximum absolute atomic E-state index is 11.9. The summed E-state index contributed by atoms with van der Waals surface area (Å²) in [6, 6.07) is 10.9. The van der Waals surface area contributed by atoms with Gasteiger partial charge in [-0.2, -0.15) is 0 Å². The molecule has 0 radical (unpaired) electrons. The van der Waals surface area contributed by atoms with Gasteiger partial charge < -0.3 is 9.73 Å². The van der Waals surface area contributed by atoms with Crippen molar-refractivity contribution < 1.29 is 9.21 Å². The fourth-order valence-corrected chi connectivity index (χ4v) is 2.68. The van der Waals surface area contributed by atoms with Gasteiger partial charge in [0.25, 0.3) is 5.89 Å². The molecule has 2 heterocycles. The van der Waals surface area contributed by atoms with E-state index in [0.29, 0.717) is 28.9 Å². The summed E-state index contributed by atoms with van der Waals surface area (Å²) in [7, 11) is 0. The summed E-state index contributed by atoms with van der Waals surface area (Å²) < 4.78 is 5.53. The molecule has 1 amide bonds. The molecule has 0 aliphatic heterocycles. The number of rotatable bonds is 5. The number of carbonyl (C=O) groups excluding carboxylic acids is 1. The molecular weight excluding hydrogens is 322 g/mol. The fourth-order valence-electron chi connectivity index (χ4n) is 1.85. The minimum atomic E-state index is -0.149. The van der Waals surface area contributed by atoms with Crippen LogP contribution in [0.4, 0.5) is 5.69 Å². The number of hydrogen-bond acceptors (Lipinski definition) is 5. The predicted molar refractivity (Wildman–Crippen MR) is 86.0 cm³/mol. The zero-order chi connectivity index (χ0) is 15.4. The van der Waals surface area contributed by atoms with E-state index in [1.807, 2.05) is 29.6 Å². The fraction of sp³-hybridized carbons (Fsp3) is 0.133. The highest BCUT2D eigenvalue weighted by Gasteiger charge is 2.11. The Morgan fingerprint density at radius 1 is 1.23 bits per heavy atom. The van der Waals surface area contributed by atoms with E-state index >= 15 is 0 Å². The zero-order valence-electron chi connectivity index (χ0n) is 11.5. The van der Waals surface area contributed by atoms with E-state index in [1.165, 1.54) is 11.3 Å². The van der Waals surface area contributed by atoms with Crippen LogP contribution in [0, 0.1) is 0 Å². The number of nitrogens with one attached hydrogen (secondary N) is 1. The maximum atomic E-state index is 11.9. The van der Waals surface area contributed by atoms with Crippen molar-refractivity contribution in [3.8, 4) is 10.8 Å². The summed E-state index contributed by atoms with van der Waals surface area (Å²) in [5.41, 5.74) is 0.596. The first-order valence-corrected chi connectivity index (χ1v) is 7.89. The van der Waals surface area contributed by atoms with E-state index in [-0.39, 0.29) is 12.3 Å². The van der Waals surface area contributed by atoms with Crippen molar-refractivity contribution in [2.24, 2.45) is 0 Å². The normalized spacial score (nSPS) is 10.6. The number of para-hydroxylation sites is 1. The van der Waals surface area contributed by atoms with Crippen LogP contribution in [0.3, 0.4) is 0 Å². The van der Waals surface area contributed by atoms with E-state index in [4.69, 9.17) is 16.0 Å². The van der Waals surface area contributed by atoms with Gasteiger partial charge >= 0.3 is 0 Å². The van der Waals surface area contributed by atoms with Gasteiger partial charge in [0.2, 0.25) is 11.8 Å². The number of carbonyl (C=O) groups is 1. The molecule has 1 N–H and O–H groups in total. The molecule has 3 aromatic rings. The van der Waals surface area contributed by atoms with Crippen molar-refractivity contribution in [3.63, 3.8) is 0 Å². The molecule has 0 atom stereocenters. The van der Waals surface area contributed by atoms with Crippen molar-refractivity contribution in [1.82, 2.24) is 10.2 Å². The number of anilines is 1. The molecule has 0 fully saturated rings. The molecule has 7 heteroatoms. The second-order valence-electron chi connectivity index (χ2n) is 4.51. The van der Waals surface area contributed by atoms with Crippen LogP contribution in [-0.4, -0.2) is 16.1 Å². The Balaban J connectivity index is 1.56. The second-order valence-corrected chi connectivity index (χ2v) is 5.86. The number of hydrogen-bond donors (Lipinski definition) is 1. The molecular formula is C15H12ClN3O2S. The number of thiophene rings is 1. The third kappa shape index (κ3) is 3.52. The lowest BCUT2D eigenvalue weighted by Crippen LogP contribution is -2.12. The summed E-state index contributed by atoms with van der Waals surface area (Å²) in [4.78, 5) is 12.8. The van der Waals surface area contributed by atoms with Crippen LogP contribution in [0.25, 0.3) is 10.8 Å². The predicted octanol–water partition coefficient (Wildman–Crippen LogP) is 4.02. The molecule has 5 nitrogen and oxygen atoms in total. The van der Waals surface area contributed by atoms with Gasteiger partial charge in [0, 0.05) is 12.8 Å². The maximum Gasteiger partial charge on any atom is 0.257 e. The molecule has 2 aromatic heterocycles. The van der Waals surface area contributed by atoms with Crippen LogP contribution in [0.5, 0.6) is 0 Å². The van der Waals surface area contributed by atoms with Gasteiger partial charge in [-0.05, 0) is 23.6 Å². The largest absolute Gasteiger partial charge is 0.420 e. The first-order chi connectivity index (χ1) is 10.7. The van der Waals surface area contributed by atoms with Crippen LogP contribution < -0.4 is 5.32 Å². The first-order valence-electron chi connectivity index (χ1n) is 6.63. The minimum Gasteiger partial charge on any atom is -0.420 e. The molecule has 0 spiro atoms. The van der Waals surface area contributed by atoms with Crippen LogP contribution in [0.15, 0.2) is 46.2 Å². The average Bonchev–Trinajstić information content (AvgIpc) is 3.18. The van der Waals surface area contributed by atoms with Crippen molar-refractivity contribution in [2.45, 2.75) is 12.8 Å². The number of aromatic nitrogens is 2. The standard InChI is InChI=1S/C15H12ClN3O2S/c16-10-4-1-2-5-11(10)17-13(20)7-8-14-18-19-15(21-14)12-6-3-9-22-12/h1-6,9H,7-8H2,(H,17,20). The third-order valence-corrected chi connectivity index (χ3v) is 4.10. The molecule has 22 heavy (non-hydrogen) atoms. The van der Waals surface area contributed by atoms with Gasteiger partial charge in [0.05, 0.1) is 15.6 Å². The van der Waals surface area contributed by atoms with Gasteiger partial charge in [0.1, 0.15) is 0 Å². The Morgan fingerprint density at radius 3 is 2.86 bits per heavy atom. The van der Waals surface area contributed by atoms with E-state index in [9.17, 15) is 4.79 Å². The molecule has 1 aromatic carbocycles.